The summed E-state index contributed by atoms with van der Waals surface area (Å²) < 4.78 is 31.2. The van der Waals surface area contributed by atoms with Gasteiger partial charge in [-0.3, -0.25) is 0 Å². The van der Waals surface area contributed by atoms with Gasteiger partial charge >= 0.3 is 0 Å². The van der Waals surface area contributed by atoms with Gasteiger partial charge in [-0.1, -0.05) is 6.07 Å². The monoisotopic (exact) mass is 271 g/mol. The lowest BCUT2D eigenvalue weighted by atomic mass is 10.1. The fourth-order valence-electron chi connectivity index (χ4n) is 2.08. The van der Waals surface area contributed by atoms with E-state index in [2.05, 4.69) is 0 Å². The second-order valence-corrected chi connectivity index (χ2v) is 6.32. The molecule has 5 nitrogen and oxygen atoms in total. The summed E-state index contributed by atoms with van der Waals surface area (Å²) in [4.78, 5) is 0.237. The van der Waals surface area contributed by atoms with Crippen LogP contribution < -0.4 is 4.74 Å². The van der Waals surface area contributed by atoms with E-state index in [0.29, 0.717) is 25.3 Å². The van der Waals surface area contributed by atoms with Gasteiger partial charge in [0.2, 0.25) is 10.0 Å². The Balaban J connectivity index is 2.25. The molecule has 1 atom stereocenters. The quantitative estimate of drug-likeness (QED) is 0.875. The summed E-state index contributed by atoms with van der Waals surface area (Å²) >= 11 is 0. The van der Waals surface area contributed by atoms with E-state index in [-0.39, 0.29) is 17.4 Å². The fraction of sp³-hybridized carbons (Fsp3) is 0.500. The molecule has 18 heavy (non-hydrogen) atoms. The minimum Gasteiger partial charge on any atom is -0.497 e. The number of sulfonamides is 1. The number of nitrogens with zero attached hydrogens (tertiary/aromatic N) is 1. The predicted molar refractivity (Wildman–Crippen MR) is 66.9 cm³/mol. The summed E-state index contributed by atoms with van der Waals surface area (Å²) in [6.45, 7) is 0.880. The number of aliphatic hydroxyl groups excluding tert-OH is 1. The van der Waals surface area contributed by atoms with Crippen molar-refractivity contribution in [2.24, 2.45) is 5.92 Å². The van der Waals surface area contributed by atoms with Gasteiger partial charge < -0.3 is 9.84 Å². The molecule has 1 fully saturated rings. The third kappa shape index (κ3) is 2.50. The summed E-state index contributed by atoms with van der Waals surface area (Å²) in [7, 11) is -1.97. The van der Waals surface area contributed by atoms with Crippen LogP contribution in [0.1, 0.15) is 6.42 Å². The van der Waals surface area contributed by atoms with Crippen LogP contribution in [0.4, 0.5) is 0 Å². The lowest BCUT2D eigenvalue weighted by Gasteiger charge is -2.16. The Kier molecular flexibility index (Phi) is 3.89. The normalized spacial score (nSPS) is 21.1. The number of hydrogen-bond donors (Lipinski definition) is 1. The molecule has 0 saturated carbocycles. The van der Waals surface area contributed by atoms with Gasteiger partial charge in [0, 0.05) is 25.8 Å². The van der Waals surface area contributed by atoms with E-state index >= 15 is 0 Å². The number of benzene rings is 1. The summed E-state index contributed by atoms with van der Waals surface area (Å²) in [6.07, 6.45) is 0.708. The Morgan fingerprint density at radius 1 is 1.50 bits per heavy atom. The van der Waals surface area contributed by atoms with Gasteiger partial charge in [-0.15, -0.1) is 0 Å². The fourth-order valence-corrected chi connectivity index (χ4v) is 3.64. The maximum Gasteiger partial charge on any atom is 0.243 e. The minimum atomic E-state index is -3.47. The molecule has 1 aromatic carbocycles. The Morgan fingerprint density at radius 2 is 2.28 bits per heavy atom. The molecule has 1 aliphatic rings. The van der Waals surface area contributed by atoms with E-state index in [1.165, 1.54) is 17.5 Å². The number of hydrogen-bond acceptors (Lipinski definition) is 4. The summed E-state index contributed by atoms with van der Waals surface area (Å²) in [6, 6.07) is 6.44. The number of ether oxygens (including phenoxy) is 1. The lowest BCUT2D eigenvalue weighted by molar-refractivity contribution is 0.233. The highest BCUT2D eigenvalue weighted by Crippen LogP contribution is 2.25. The van der Waals surface area contributed by atoms with E-state index in [4.69, 9.17) is 9.84 Å². The summed E-state index contributed by atoms with van der Waals surface area (Å²) in [5, 5.41) is 9.06. The zero-order valence-corrected chi connectivity index (χ0v) is 11.1. The molecule has 2 rings (SSSR count). The van der Waals surface area contributed by atoms with Crippen LogP contribution in [0.25, 0.3) is 0 Å². The van der Waals surface area contributed by atoms with Gasteiger partial charge in [-0.2, -0.15) is 4.31 Å². The van der Waals surface area contributed by atoms with E-state index in [1.807, 2.05) is 0 Å². The first-order valence-electron chi connectivity index (χ1n) is 5.83. The smallest absolute Gasteiger partial charge is 0.243 e. The highest BCUT2D eigenvalue weighted by atomic mass is 32.2. The molecule has 1 unspecified atom stereocenters. The maximum atomic E-state index is 12.4. The van der Waals surface area contributed by atoms with Crippen molar-refractivity contribution in [3.8, 4) is 5.75 Å². The topological polar surface area (TPSA) is 66.8 Å². The zero-order chi connectivity index (χ0) is 13.2. The molecule has 1 heterocycles. The standard InChI is InChI=1S/C12H17NO4S/c1-17-11-3-2-4-12(7-11)18(15,16)13-6-5-10(8-13)9-14/h2-4,7,10,14H,5-6,8-9H2,1H3. The molecule has 0 radical (unpaired) electrons. The van der Waals surface area contributed by atoms with Gasteiger partial charge in [-0.05, 0) is 24.5 Å². The third-order valence-corrected chi connectivity index (χ3v) is 5.05. The van der Waals surface area contributed by atoms with Crippen molar-refractivity contribution >= 4 is 10.0 Å². The Hall–Kier alpha value is -1.11. The van der Waals surface area contributed by atoms with Crippen LogP contribution in [0.3, 0.4) is 0 Å². The van der Waals surface area contributed by atoms with Crippen LogP contribution in [-0.2, 0) is 10.0 Å². The van der Waals surface area contributed by atoms with Crippen LogP contribution in [0, 0.1) is 5.92 Å². The maximum absolute atomic E-state index is 12.4. The van der Waals surface area contributed by atoms with Crippen molar-refractivity contribution in [3.63, 3.8) is 0 Å². The van der Waals surface area contributed by atoms with Crippen molar-refractivity contribution in [3.05, 3.63) is 24.3 Å². The van der Waals surface area contributed by atoms with Gasteiger partial charge in [0.05, 0.1) is 12.0 Å². The predicted octanol–water partition coefficient (Wildman–Crippen LogP) is 0.698. The molecule has 100 valence electrons. The lowest BCUT2D eigenvalue weighted by Crippen LogP contribution is -2.29. The van der Waals surface area contributed by atoms with E-state index in [0.717, 1.165) is 0 Å². The van der Waals surface area contributed by atoms with Gasteiger partial charge in [0.25, 0.3) is 0 Å². The number of rotatable bonds is 4. The van der Waals surface area contributed by atoms with Crippen LogP contribution in [0.5, 0.6) is 5.75 Å². The molecule has 6 heteroatoms. The number of methoxy groups -OCH3 is 1. The van der Waals surface area contributed by atoms with E-state index < -0.39 is 10.0 Å². The summed E-state index contributed by atoms with van der Waals surface area (Å²) in [5.41, 5.74) is 0. The molecular formula is C12H17NO4S. The molecule has 0 bridgehead atoms. The third-order valence-electron chi connectivity index (χ3n) is 3.19. The number of aliphatic hydroxyl groups is 1. The van der Waals surface area contributed by atoms with Crippen LogP contribution in [-0.4, -0.2) is 44.6 Å². The van der Waals surface area contributed by atoms with Crippen molar-refractivity contribution in [1.29, 1.82) is 0 Å². The van der Waals surface area contributed by atoms with Crippen molar-refractivity contribution < 1.29 is 18.3 Å². The minimum absolute atomic E-state index is 0.0319. The molecular weight excluding hydrogens is 254 g/mol. The van der Waals surface area contributed by atoms with Crippen LogP contribution >= 0.6 is 0 Å². The second kappa shape index (κ2) is 5.26. The van der Waals surface area contributed by atoms with Crippen LogP contribution in [0.15, 0.2) is 29.2 Å². The highest BCUT2D eigenvalue weighted by Gasteiger charge is 2.32. The first kappa shape index (κ1) is 13.3. The Morgan fingerprint density at radius 3 is 2.89 bits per heavy atom. The first-order valence-corrected chi connectivity index (χ1v) is 7.27. The molecule has 0 amide bonds. The molecule has 1 N–H and O–H groups in total. The molecule has 1 saturated heterocycles. The van der Waals surface area contributed by atoms with Crippen molar-refractivity contribution in [2.45, 2.75) is 11.3 Å². The second-order valence-electron chi connectivity index (χ2n) is 4.38. The average Bonchev–Trinajstić information content (AvgIpc) is 2.88. The van der Waals surface area contributed by atoms with E-state index in [9.17, 15) is 8.42 Å². The molecule has 1 aliphatic heterocycles. The largest absolute Gasteiger partial charge is 0.497 e. The first-order chi connectivity index (χ1) is 8.57. The van der Waals surface area contributed by atoms with Crippen molar-refractivity contribution in [1.82, 2.24) is 4.31 Å². The van der Waals surface area contributed by atoms with Gasteiger partial charge in [0.1, 0.15) is 5.75 Å². The Bertz CT molecular complexity index is 515. The SMILES string of the molecule is COc1cccc(S(=O)(=O)N2CCC(CO)C2)c1. The molecule has 1 aromatic rings. The zero-order valence-electron chi connectivity index (χ0n) is 10.2. The molecule has 0 aromatic heterocycles. The van der Waals surface area contributed by atoms with Gasteiger partial charge in [-0.25, -0.2) is 8.42 Å². The average molecular weight is 271 g/mol. The highest BCUT2D eigenvalue weighted by molar-refractivity contribution is 7.89. The van der Waals surface area contributed by atoms with Gasteiger partial charge in [0.15, 0.2) is 0 Å². The molecule has 0 spiro atoms. The van der Waals surface area contributed by atoms with E-state index in [1.54, 1.807) is 18.2 Å². The summed E-state index contributed by atoms with van der Waals surface area (Å²) in [5.74, 6) is 0.569. The van der Waals surface area contributed by atoms with Crippen molar-refractivity contribution in [2.75, 3.05) is 26.8 Å². The van der Waals surface area contributed by atoms with Crippen LogP contribution in [0.2, 0.25) is 0 Å². The molecule has 0 aliphatic carbocycles. The Labute approximate surface area is 107 Å².